The molecule has 0 saturated heterocycles. The number of aromatic nitrogens is 3. The van der Waals surface area contributed by atoms with Crippen LogP contribution in [0.5, 0.6) is 0 Å². The number of carbonyl (C=O) groups is 1. The molecule has 0 aliphatic rings. The zero-order valence-corrected chi connectivity index (χ0v) is 15.6. The number of para-hydroxylation sites is 1. The van der Waals surface area contributed by atoms with E-state index in [-0.39, 0.29) is 11.2 Å². The van der Waals surface area contributed by atoms with E-state index in [1.54, 1.807) is 11.0 Å². The number of fused-ring (bicyclic) bond motifs is 1. The van der Waals surface area contributed by atoms with Gasteiger partial charge in [-0.05, 0) is 30.5 Å². The van der Waals surface area contributed by atoms with Crippen LogP contribution in [0.4, 0.5) is 5.69 Å². The van der Waals surface area contributed by atoms with Gasteiger partial charge in [-0.3, -0.25) is 4.79 Å². The maximum absolute atomic E-state index is 12.6. The first-order chi connectivity index (χ1) is 13.2. The van der Waals surface area contributed by atoms with E-state index in [9.17, 15) is 4.79 Å². The molecule has 0 fully saturated rings. The standard InChI is InChI=1S/C21H18N4OS/c1-15(27-21-22-14-25(24-21)17-10-3-2-4-11-17)20(26)23-19-13-7-9-16-8-5-6-12-18(16)19/h2-15H,1H3,(H,23,26). The molecule has 1 unspecified atom stereocenters. The Kier molecular flexibility index (Phi) is 4.89. The van der Waals surface area contributed by atoms with Gasteiger partial charge in [0.25, 0.3) is 0 Å². The van der Waals surface area contributed by atoms with Gasteiger partial charge in [0.15, 0.2) is 0 Å². The van der Waals surface area contributed by atoms with E-state index in [0.717, 1.165) is 22.1 Å². The van der Waals surface area contributed by atoms with Gasteiger partial charge in [0.1, 0.15) is 6.33 Å². The summed E-state index contributed by atoms with van der Waals surface area (Å²) in [7, 11) is 0. The molecule has 6 heteroatoms. The number of nitrogens with zero attached hydrogens (tertiary/aromatic N) is 3. The second kappa shape index (κ2) is 7.63. The van der Waals surface area contributed by atoms with Crippen LogP contribution in [0.25, 0.3) is 16.5 Å². The molecule has 1 heterocycles. The van der Waals surface area contributed by atoms with Crippen LogP contribution in [0, 0.1) is 0 Å². The number of anilines is 1. The summed E-state index contributed by atoms with van der Waals surface area (Å²) in [5.74, 6) is -0.0765. The molecule has 3 aromatic carbocycles. The Balaban J connectivity index is 1.46. The van der Waals surface area contributed by atoms with Crippen LogP contribution in [0.1, 0.15) is 6.92 Å². The molecule has 4 aromatic rings. The Morgan fingerprint density at radius 1 is 1.00 bits per heavy atom. The van der Waals surface area contributed by atoms with Crippen molar-refractivity contribution in [2.45, 2.75) is 17.3 Å². The topological polar surface area (TPSA) is 59.8 Å². The molecule has 0 radical (unpaired) electrons. The largest absolute Gasteiger partial charge is 0.325 e. The fraction of sp³-hybridized carbons (Fsp3) is 0.0952. The Morgan fingerprint density at radius 3 is 2.59 bits per heavy atom. The van der Waals surface area contributed by atoms with E-state index in [2.05, 4.69) is 15.4 Å². The minimum absolute atomic E-state index is 0.0765. The molecule has 0 aliphatic carbocycles. The lowest BCUT2D eigenvalue weighted by Crippen LogP contribution is -2.22. The van der Waals surface area contributed by atoms with Crippen molar-refractivity contribution in [3.63, 3.8) is 0 Å². The molecule has 1 atom stereocenters. The van der Waals surface area contributed by atoms with Gasteiger partial charge in [0, 0.05) is 11.1 Å². The van der Waals surface area contributed by atoms with Crippen molar-refractivity contribution < 1.29 is 4.79 Å². The molecule has 0 aliphatic heterocycles. The van der Waals surface area contributed by atoms with E-state index in [1.807, 2.05) is 79.7 Å². The molecule has 134 valence electrons. The summed E-state index contributed by atoms with van der Waals surface area (Å²) in [5.41, 5.74) is 1.75. The highest BCUT2D eigenvalue weighted by Gasteiger charge is 2.18. The van der Waals surface area contributed by atoms with Gasteiger partial charge in [-0.15, -0.1) is 5.10 Å². The van der Waals surface area contributed by atoms with Crippen LogP contribution in [-0.4, -0.2) is 25.9 Å². The van der Waals surface area contributed by atoms with E-state index in [0.29, 0.717) is 5.16 Å². The minimum atomic E-state index is -0.324. The summed E-state index contributed by atoms with van der Waals surface area (Å²) >= 11 is 1.34. The average Bonchev–Trinajstić information content (AvgIpc) is 3.17. The molecule has 27 heavy (non-hydrogen) atoms. The number of rotatable bonds is 5. The van der Waals surface area contributed by atoms with E-state index in [4.69, 9.17) is 0 Å². The Morgan fingerprint density at radius 2 is 1.74 bits per heavy atom. The van der Waals surface area contributed by atoms with Crippen molar-refractivity contribution in [2.24, 2.45) is 0 Å². The summed E-state index contributed by atoms with van der Waals surface area (Å²) in [5, 5.41) is 9.84. The van der Waals surface area contributed by atoms with E-state index in [1.165, 1.54) is 11.8 Å². The first kappa shape index (κ1) is 17.3. The van der Waals surface area contributed by atoms with Crippen LogP contribution in [-0.2, 0) is 4.79 Å². The molecule has 0 bridgehead atoms. The second-order valence-electron chi connectivity index (χ2n) is 6.08. The third kappa shape index (κ3) is 3.85. The maximum Gasteiger partial charge on any atom is 0.237 e. The molecule has 4 rings (SSSR count). The molecular weight excluding hydrogens is 356 g/mol. The molecule has 5 nitrogen and oxygen atoms in total. The van der Waals surface area contributed by atoms with Gasteiger partial charge in [-0.1, -0.05) is 66.4 Å². The quantitative estimate of drug-likeness (QED) is 0.521. The van der Waals surface area contributed by atoms with Crippen LogP contribution in [0.2, 0.25) is 0 Å². The predicted octanol–water partition coefficient (Wildman–Crippen LogP) is 4.54. The van der Waals surface area contributed by atoms with Gasteiger partial charge < -0.3 is 5.32 Å². The third-order valence-electron chi connectivity index (χ3n) is 4.19. The predicted molar refractivity (Wildman–Crippen MR) is 109 cm³/mol. The fourth-order valence-electron chi connectivity index (χ4n) is 2.79. The van der Waals surface area contributed by atoms with Crippen molar-refractivity contribution in [1.82, 2.24) is 14.8 Å². The summed E-state index contributed by atoms with van der Waals surface area (Å²) in [6.45, 7) is 1.86. The first-order valence-corrected chi connectivity index (χ1v) is 9.51. The van der Waals surface area contributed by atoms with Gasteiger partial charge in [-0.25, -0.2) is 9.67 Å². The van der Waals surface area contributed by atoms with E-state index >= 15 is 0 Å². The normalized spacial score (nSPS) is 12.0. The molecule has 0 saturated carbocycles. The summed E-state index contributed by atoms with van der Waals surface area (Å²) in [6.07, 6.45) is 1.66. The Labute approximate surface area is 161 Å². The lowest BCUT2D eigenvalue weighted by molar-refractivity contribution is -0.115. The number of hydrogen-bond donors (Lipinski definition) is 1. The van der Waals surface area contributed by atoms with Gasteiger partial charge in [0.2, 0.25) is 11.1 Å². The number of thioether (sulfide) groups is 1. The minimum Gasteiger partial charge on any atom is -0.325 e. The molecule has 1 N–H and O–H groups in total. The van der Waals surface area contributed by atoms with Crippen LogP contribution in [0.15, 0.2) is 84.3 Å². The SMILES string of the molecule is CC(Sc1ncn(-c2ccccc2)n1)C(=O)Nc1cccc2ccccc12. The zero-order chi connectivity index (χ0) is 18.6. The van der Waals surface area contributed by atoms with Crippen LogP contribution in [0.3, 0.4) is 0 Å². The number of nitrogens with one attached hydrogen (secondary N) is 1. The highest BCUT2D eigenvalue weighted by Crippen LogP contribution is 2.25. The highest BCUT2D eigenvalue weighted by molar-refractivity contribution is 8.00. The Bertz CT molecular complexity index is 1070. The Hall–Kier alpha value is -3.12. The summed E-state index contributed by atoms with van der Waals surface area (Å²) in [6, 6.07) is 23.7. The smallest absolute Gasteiger partial charge is 0.237 e. The second-order valence-corrected chi connectivity index (χ2v) is 7.39. The molecular formula is C21H18N4OS. The number of hydrogen-bond acceptors (Lipinski definition) is 4. The number of benzene rings is 3. The van der Waals surface area contributed by atoms with Crippen molar-refractivity contribution in [3.05, 3.63) is 79.1 Å². The average molecular weight is 374 g/mol. The zero-order valence-electron chi connectivity index (χ0n) is 14.7. The lowest BCUT2D eigenvalue weighted by Gasteiger charge is -2.12. The van der Waals surface area contributed by atoms with E-state index < -0.39 is 0 Å². The lowest BCUT2D eigenvalue weighted by atomic mass is 10.1. The summed E-state index contributed by atoms with van der Waals surface area (Å²) in [4.78, 5) is 16.9. The van der Waals surface area contributed by atoms with Crippen LogP contribution < -0.4 is 5.32 Å². The van der Waals surface area contributed by atoms with Crippen molar-refractivity contribution in [3.8, 4) is 5.69 Å². The van der Waals surface area contributed by atoms with Crippen molar-refractivity contribution in [1.29, 1.82) is 0 Å². The van der Waals surface area contributed by atoms with Gasteiger partial charge in [0.05, 0.1) is 10.9 Å². The molecule has 1 aromatic heterocycles. The number of carbonyl (C=O) groups excluding carboxylic acids is 1. The summed E-state index contributed by atoms with van der Waals surface area (Å²) < 4.78 is 1.71. The van der Waals surface area contributed by atoms with Crippen molar-refractivity contribution >= 4 is 34.1 Å². The molecule has 1 amide bonds. The third-order valence-corrected chi connectivity index (χ3v) is 5.16. The monoisotopic (exact) mass is 374 g/mol. The maximum atomic E-state index is 12.6. The fourth-order valence-corrected chi connectivity index (χ4v) is 3.51. The van der Waals surface area contributed by atoms with Gasteiger partial charge >= 0.3 is 0 Å². The van der Waals surface area contributed by atoms with Crippen LogP contribution >= 0.6 is 11.8 Å². The van der Waals surface area contributed by atoms with Gasteiger partial charge in [-0.2, -0.15) is 0 Å². The number of amides is 1. The molecule has 0 spiro atoms. The van der Waals surface area contributed by atoms with Crippen molar-refractivity contribution in [2.75, 3.05) is 5.32 Å². The first-order valence-electron chi connectivity index (χ1n) is 8.63. The highest BCUT2D eigenvalue weighted by atomic mass is 32.2.